The van der Waals surface area contributed by atoms with E-state index in [4.69, 9.17) is 9.72 Å². The maximum absolute atomic E-state index is 13.2. The van der Waals surface area contributed by atoms with Gasteiger partial charge in [0.05, 0.1) is 33.3 Å². The molecule has 1 N–H and O–H groups in total. The fourth-order valence-corrected chi connectivity index (χ4v) is 4.00. The zero-order chi connectivity index (χ0) is 24.5. The van der Waals surface area contributed by atoms with Crippen LogP contribution in [0.5, 0.6) is 5.75 Å². The molecule has 4 rings (SSSR count). The molecule has 0 aliphatic rings. The number of nitrogens with one attached hydrogen (secondary N) is 1. The number of alkyl halides is 3. The van der Waals surface area contributed by atoms with Gasteiger partial charge in [-0.1, -0.05) is 6.07 Å². The van der Waals surface area contributed by atoms with Crippen molar-refractivity contribution in [1.29, 1.82) is 5.26 Å². The number of pyridine rings is 1. The number of nitrogens with zero attached hydrogens (tertiary/aromatic N) is 4. The van der Waals surface area contributed by atoms with Gasteiger partial charge < -0.3 is 10.1 Å². The second-order valence-corrected chi connectivity index (χ2v) is 8.58. The molecule has 0 atom stereocenters. The topological polar surface area (TPSA) is 92.8 Å². The van der Waals surface area contributed by atoms with Crippen molar-refractivity contribution >= 4 is 34.0 Å². The molecule has 3 heterocycles. The van der Waals surface area contributed by atoms with Crippen LogP contribution in [0, 0.1) is 11.3 Å². The zero-order valence-electron chi connectivity index (χ0n) is 18.1. The maximum Gasteiger partial charge on any atom is 0.422 e. The van der Waals surface area contributed by atoms with Gasteiger partial charge in [0.1, 0.15) is 11.8 Å². The number of hydrogen-bond donors (Lipinski definition) is 1. The molecule has 4 aromatic rings. The highest BCUT2D eigenvalue weighted by Crippen LogP contribution is 2.30. The standard InChI is InChI=1S/C23H18F3N5O2S/c1-13(2)31-21-17(11-28-31)16(9-18(30-21)20-4-3-7-34-20)22(32)29-15-5-6-19(14(8-15)10-27)33-12-23(24,25)26/h3-9,11,13H,12H2,1-2H3,(H,29,32). The van der Waals surface area contributed by atoms with Crippen LogP contribution in [0.2, 0.25) is 0 Å². The molecule has 0 bridgehead atoms. The third kappa shape index (κ3) is 4.87. The minimum atomic E-state index is -4.53. The van der Waals surface area contributed by atoms with E-state index in [1.54, 1.807) is 23.0 Å². The fourth-order valence-electron chi connectivity index (χ4n) is 3.31. The van der Waals surface area contributed by atoms with Crippen molar-refractivity contribution < 1.29 is 22.7 Å². The number of anilines is 1. The Bertz CT molecular complexity index is 1390. The fraction of sp³-hybridized carbons (Fsp3) is 0.217. The van der Waals surface area contributed by atoms with Gasteiger partial charge in [-0.15, -0.1) is 11.3 Å². The van der Waals surface area contributed by atoms with Crippen molar-refractivity contribution in [2.24, 2.45) is 0 Å². The predicted octanol–water partition coefficient (Wildman–Crippen LogP) is 5.81. The summed E-state index contributed by atoms with van der Waals surface area (Å²) in [5.74, 6) is -0.691. The number of rotatable bonds is 6. The summed E-state index contributed by atoms with van der Waals surface area (Å²) >= 11 is 1.48. The second-order valence-electron chi connectivity index (χ2n) is 7.63. The third-order valence-corrected chi connectivity index (χ3v) is 5.72. The molecule has 0 saturated carbocycles. The molecule has 0 unspecified atom stereocenters. The second kappa shape index (κ2) is 9.15. The van der Waals surface area contributed by atoms with E-state index in [1.165, 1.54) is 29.5 Å². The summed E-state index contributed by atoms with van der Waals surface area (Å²) in [6, 6.07) is 11.1. The van der Waals surface area contributed by atoms with Gasteiger partial charge >= 0.3 is 6.18 Å². The van der Waals surface area contributed by atoms with Crippen LogP contribution in [0.4, 0.5) is 18.9 Å². The lowest BCUT2D eigenvalue weighted by Gasteiger charge is -2.13. The van der Waals surface area contributed by atoms with Gasteiger partial charge in [-0.25, -0.2) is 9.67 Å². The first-order valence-electron chi connectivity index (χ1n) is 10.1. The number of amides is 1. The normalized spacial score (nSPS) is 11.6. The smallest absolute Gasteiger partial charge is 0.422 e. The highest BCUT2D eigenvalue weighted by Gasteiger charge is 2.29. The van der Waals surface area contributed by atoms with Crippen molar-refractivity contribution in [3.63, 3.8) is 0 Å². The zero-order valence-corrected chi connectivity index (χ0v) is 18.9. The van der Waals surface area contributed by atoms with E-state index in [1.807, 2.05) is 31.4 Å². The van der Waals surface area contributed by atoms with Gasteiger partial charge in [-0.3, -0.25) is 4.79 Å². The number of fused-ring (bicyclic) bond motifs is 1. The molecule has 0 aliphatic heterocycles. The average molecular weight is 485 g/mol. The van der Waals surface area contributed by atoms with Crippen LogP contribution in [-0.2, 0) is 0 Å². The number of carbonyl (C=O) groups is 1. The summed E-state index contributed by atoms with van der Waals surface area (Å²) in [6.07, 6.45) is -2.96. The largest absolute Gasteiger partial charge is 0.483 e. The molecule has 0 spiro atoms. The summed E-state index contributed by atoms with van der Waals surface area (Å²) in [4.78, 5) is 18.8. The van der Waals surface area contributed by atoms with Crippen LogP contribution in [-0.4, -0.2) is 33.5 Å². The Morgan fingerprint density at radius 1 is 1.29 bits per heavy atom. The van der Waals surface area contributed by atoms with E-state index in [0.29, 0.717) is 22.3 Å². The number of halogens is 3. The maximum atomic E-state index is 13.2. The first-order valence-corrected chi connectivity index (χ1v) is 11.0. The first kappa shape index (κ1) is 23.3. The molecule has 1 aromatic carbocycles. The number of ether oxygens (including phenoxy) is 1. The third-order valence-electron chi connectivity index (χ3n) is 4.82. The molecular weight excluding hydrogens is 467 g/mol. The Morgan fingerprint density at radius 2 is 2.09 bits per heavy atom. The lowest BCUT2D eigenvalue weighted by molar-refractivity contribution is -0.153. The highest BCUT2D eigenvalue weighted by atomic mass is 32.1. The minimum absolute atomic E-state index is 0.0157. The van der Waals surface area contributed by atoms with Crippen LogP contribution < -0.4 is 10.1 Å². The van der Waals surface area contributed by atoms with E-state index in [-0.39, 0.29) is 23.0 Å². The number of aromatic nitrogens is 3. The van der Waals surface area contributed by atoms with E-state index in [0.717, 1.165) is 4.88 Å². The van der Waals surface area contributed by atoms with Crippen LogP contribution in [0.15, 0.2) is 48.0 Å². The van der Waals surface area contributed by atoms with Crippen LogP contribution >= 0.6 is 11.3 Å². The SMILES string of the molecule is CC(C)n1ncc2c(C(=O)Nc3ccc(OCC(F)(F)F)c(C#N)c3)cc(-c3cccs3)nc21. The molecule has 0 fully saturated rings. The monoisotopic (exact) mass is 485 g/mol. The quantitative estimate of drug-likeness (QED) is 0.372. The van der Waals surface area contributed by atoms with Crippen LogP contribution in [0.3, 0.4) is 0 Å². The Kier molecular flexibility index (Phi) is 6.26. The number of carbonyl (C=O) groups excluding carboxylic acids is 1. The van der Waals surface area contributed by atoms with Gasteiger partial charge in [0.25, 0.3) is 5.91 Å². The average Bonchev–Trinajstić information content (AvgIpc) is 3.46. The van der Waals surface area contributed by atoms with E-state index in [2.05, 4.69) is 10.4 Å². The van der Waals surface area contributed by atoms with Gasteiger partial charge in [0.2, 0.25) is 0 Å². The number of hydrogen-bond acceptors (Lipinski definition) is 6. The molecular formula is C23H18F3N5O2S. The lowest BCUT2D eigenvalue weighted by atomic mass is 10.1. The van der Waals surface area contributed by atoms with E-state index >= 15 is 0 Å². The molecule has 34 heavy (non-hydrogen) atoms. The molecule has 0 aliphatic carbocycles. The molecule has 3 aromatic heterocycles. The van der Waals surface area contributed by atoms with Crippen molar-refractivity contribution in [3.8, 4) is 22.4 Å². The molecule has 1 amide bonds. The van der Waals surface area contributed by atoms with Gasteiger partial charge in [-0.05, 0) is 49.6 Å². The van der Waals surface area contributed by atoms with Crippen molar-refractivity contribution in [3.05, 3.63) is 59.1 Å². The predicted molar refractivity (Wildman–Crippen MR) is 122 cm³/mol. The van der Waals surface area contributed by atoms with E-state index < -0.39 is 18.7 Å². The molecule has 174 valence electrons. The Balaban J connectivity index is 1.69. The summed E-state index contributed by atoms with van der Waals surface area (Å²) in [5, 5.41) is 18.9. The van der Waals surface area contributed by atoms with E-state index in [9.17, 15) is 23.2 Å². The Morgan fingerprint density at radius 3 is 2.74 bits per heavy atom. The highest BCUT2D eigenvalue weighted by molar-refractivity contribution is 7.13. The van der Waals surface area contributed by atoms with Crippen LogP contribution in [0.1, 0.15) is 35.8 Å². The molecule has 11 heteroatoms. The Hall–Kier alpha value is -3.91. The Labute approximate surface area is 196 Å². The summed E-state index contributed by atoms with van der Waals surface area (Å²) in [7, 11) is 0. The van der Waals surface area contributed by atoms with Gasteiger partial charge in [0.15, 0.2) is 12.3 Å². The summed E-state index contributed by atoms with van der Waals surface area (Å²) in [5.41, 5.74) is 1.60. The number of thiophene rings is 1. The van der Waals surface area contributed by atoms with Crippen molar-refractivity contribution in [1.82, 2.24) is 14.8 Å². The minimum Gasteiger partial charge on any atom is -0.483 e. The molecule has 0 radical (unpaired) electrons. The van der Waals surface area contributed by atoms with Gasteiger partial charge in [0, 0.05) is 11.7 Å². The van der Waals surface area contributed by atoms with Gasteiger partial charge in [-0.2, -0.15) is 23.5 Å². The summed E-state index contributed by atoms with van der Waals surface area (Å²) in [6.45, 7) is 2.39. The summed E-state index contributed by atoms with van der Waals surface area (Å²) < 4.78 is 43.8. The molecule has 7 nitrogen and oxygen atoms in total. The van der Waals surface area contributed by atoms with Crippen molar-refractivity contribution in [2.75, 3.05) is 11.9 Å². The lowest BCUT2D eigenvalue weighted by Crippen LogP contribution is -2.19. The number of benzene rings is 1. The first-order chi connectivity index (χ1) is 16.2. The number of nitriles is 1. The van der Waals surface area contributed by atoms with Crippen molar-refractivity contribution in [2.45, 2.75) is 26.1 Å². The van der Waals surface area contributed by atoms with Crippen LogP contribution in [0.25, 0.3) is 21.6 Å². The molecule has 0 saturated heterocycles.